The summed E-state index contributed by atoms with van der Waals surface area (Å²) in [6.07, 6.45) is 4.64. The Morgan fingerprint density at radius 1 is 1.16 bits per heavy atom. The van der Waals surface area contributed by atoms with Crippen LogP contribution >= 0.6 is 0 Å². The SMILES string of the molecule is CCC1C(C)C(C)C(C)CN1C.CN1CC=NC=N1. The van der Waals surface area contributed by atoms with Gasteiger partial charge in [0.1, 0.15) is 6.34 Å². The molecule has 0 aromatic rings. The second-order valence-electron chi connectivity index (χ2n) is 6.01. The van der Waals surface area contributed by atoms with E-state index < -0.39 is 0 Å². The highest BCUT2D eigenvalue weighted by atomic mass is 15.4. The normalized spacial score (nSPS) is 34.9. The predicted molar refractivity (Wildman–Crippen MR) is 83.8 cm³/mol. The lowest BCUT2D eigenvalue weighted by molar-refractivity contribution is 0.0432. The molecule has 0 saturated carbocycles. The van der Waals surface area contributed by atoms with Gasteiger partial charge >= 0.3 is 0 Å². The first kappa shape index (κ1) is 16.2. The highest BCUT2D eigenvalue weighted by Crippen LogP contribution is 2.32. The molecule has 4 unspecified atom stereocenters. The van der Waals surface area contributed by atoms with Crippen LogP contribution in [0.2, 0.25) is 0 Å². The van der Waals surface area contributed by atoms with Crippen molar-refractivity contribution < 1.29 is 0 Å². The highest BCUT2D eigenvalue weighted by Gasteiger charge is 2.33. The van der Waals surface area contributed by atoms with Crippen molar-refractivity contribution in [2.24, 2.45) is 27.8 Å². The zero-order valence-electron chi connectivity index (χ0n) is 13.4. The number of hydrogen-bond acceptors (Lipinski definition) is 4. The smallest absolute Gasteiger partial charge is 0.135 e. The second kappa shape index (κ2) is 7.63. The van der Waals surface area contributed by atoms with Crippen molar-refractivity contribution in [1.82, 2.24) is 9.91 Å². The first-order chi connectivity index (χ1) is 8.97. The Labute approximate surface area is 118 Å². The maximum Gasteiger partial charge on any atom is 0.135 e. The van der Waals surface area contributed by atoms with Crippen molar-refractivity contribution in [3.8, 4) is 0 Å². The molecule has 2 heterocycles. The van der Waals surface area contributed by atoms with Crippen LogP contribution in [0.4, 0.5) is 0 Å². The summed E-state index contributed by atoms with van der Waals surface area (Å²) in [7, 11) is 4.18. The third-order valence-corrected chi connectivity index (χ3v) is 4.66. The van der Waals surface area contributed by atoms with Crippen molar-refractivity contribution in [2.45, 2.75) is 40.2 Å². The van der Waals surface area contributed by atoms with E-state index in [1.807, 2.05) is 18.3 Å². The van der Waals surface area contributed by atoms with Gasteiger partial charge in [0, 0.05) is 25.8 Å². The topological polar surface area (TPSA) is 31.2 Å². The quantitative estimate of drug-likeness (QED) is 0.730. The van der Waals surface area contributed by atoms with E-state index in [0.29, 0.717) is 0 Å². The lowest BCUT2D eigenvalue weighted by atomic mass is 9.75. The first-order valence-corrected chi connectivity index (χ1v) is 7.42. The summed E-state index contributed by atoms with van der Waals surface area (Å²) in [4.78, 5) is 6.31. The summed E-state index contributed by atoms with van der Waals surface area (Å²) in [5.41, 5.74) is 0. The monoisotopic (exact) mass is 266 g/mol. The molecule has 0 aromatic carbocycles. The maximum absolute atomic E-state index is 3.84. The summed E-state index contributed by atoms with van der Waals surface area (Å²) in [6, 6.07) is 0.816. The molecule has 2 aliphatic heterocycles. The molecule has 110 valence electrons. The summed E-state index contributed by atoms with van der Waals surface area (Å²) < 4.78 is 0. The van der Waals surface area contributed by atoms with Crippen LogP contribution < -0.4 is 0 Å². The minimum absolute atomic E-state index is 0.816. The third kappa shape index (κ3) is 4.60. The average molecular weight is 266 g/mol. The molecule has 0 aliphatic carbocycles. The molecule has 0 N–H and O–H groups in total. The van der Waals surface area contributed by atoms with Crippen LogP contribution in [0.15, 0.2) is 10.1 Å². The van der Waals surface area contributed by atoms with Crippen LogP contribution in [0.5, 0.6) is 0 Å². The van der Waals surface area contributed by atoms with Crippen molar-refractivity contribution in [1.29, 1.82) is 0 Å². The molecule has 1 saturated heterocycles. The molecular weight excluding hydrogens is 236 g/mol. The fourth-order valence-electron chi connectivity index (χ4n) is 3.09. The lowest BCUT2D eigenvalue weighted by Gasteiger charge is -2.44. The van der Waals surface area contributed by atoms with Gasteiger partial charge in [0.15, 0.2) is 0 Å². The molecule has 4 atom stereocenters. The standard InChI is InChI=1S/C11H23N.C4H7N3/c1-6-11-10(4)9(3)8(2)7-12(11)5;1-7-3-2-5-4-6-7/h8-11H,6-7H2,1-5H3;2,4H,3H2,1H3. The van der Waals surface area contributed by atoms with E-state index in [1.54, 1.807) is 0 Å². The van der Waals surface area contributed by atoms with E-state index in [9.17, 15) is 0 Å². The Kier molecular flexibility index (Phi) is 6.49. The molecule has 0 bridgehead atoms. The minimum Gasteiger partial charge on any atom is -0.303 e. The number of piperidine rings is 1. The Bertz CT molecular complexity index is 313. The summed E-state index contributed by atoms with van der Waals surface area (Å²) in [5.74, 6) is 2.63. The van der Waals surface area contributed by atoms with Crippen LogP contribution in [-0.4, -0.2) is 55.7 Å². The van der Waals surface area contributed by atoms with Gasteiger partial charge in [-0.25, -0.2) is 4.99 Å². The van der Waals surface area contributed by atoms with E-state index in [4.69, 9.17) is 0 Å². The van der Waals surface area contributed by atoms with E-state index in [2.05, 4.69) is 49.7 Å². The molecule has 0 amide bonds. The van der Waals surface area contributed by atoms with Gasteiger partial charge in [0.2, 0.25) is 0 Å². The third-order valence-electron chi connectivity index (χ3n) is 4.66. The molecule has 4 heteroatoms. The lowest BCUT2D eigenvalue weighted by Crippen LogP contribution is -2.48. The molecule has 2 rings (SSSR count). The number of hydrazone groups is 1. The number of rotatable bonds is 1. The van der Waals surface area contributed by atoms with Crippen LogP contribution in [0.25, 0.3) is 0 Å². The predicted octanol–water partition coefficient (Wildman–Crippen LogP) is 2.56. The van der Waals surface area contributed by atoms with Gasteiger partial charge in [-0.1, -0.05) is 27.7 Å². The Morgan fingerprint density at radius 2 is 1.84 bits per heavy atom. The van der Waals surface area contributed by atoms with Gasteiger partial charge in [-0.2, -0.15) is 5.10 Å². The molecule has 0 radical (unpaired) electrons. The van der Waals surface area contributed by atoms with E-state index >= 15 is 0 Å². The molecule has 2 aliphatic rings. The van der Waals surface area contributed by atoms with Gasteiger partial charge < -0.3 is 4.90 Å². The van der Waals surface area contributed by atoms with Crippen molar-refractivity contribution in [2.75, 3.05) is 27.2 Å². The fourth-order valence-corrected chi connectivity index (χ4v) is 3.09. The fraction of sp³-hybridized carbons (Fsp3) is 0.867. The molecule has 1 fully saturated rings. The van der Waals surface area contributed by atoms with Gasteiger partial charge in [0.25, 0.3) is 0 Å². The second-order valence-corrected chi connectivity index (χ2v) is 6.01. The zero-order chi connectivity index (χ0) is 14.4. The van der Waals surface area contributed by atoms with Gasteiger partial charge in [-0.15, -0.1) is 0 Å². The highest BCUT2D eigenvalue weighted by molar-refractivity contribution is 5.74. The van der Waals surface area contributed by atoms with Crippen LogP contribution in [0.3, 0.4) is 0 Å². The summed E-state index contributed by atoms with van der Waals surface area (Å²) in [6.45, 7) is 11.6. The minimum atomic E-state index is 0.816. The number of nitrogens with zero attached hydrogens (tertiary/aromatic N) is 4. The van der Waals surface area contributed by atoms with Crippen LogP contribution in [0, 0.1) is 17.8 Å². The summed E-state index contributed by atoms with van der Waals surface area (Å²) in [5, 5.41) is 5.65. The van der Waals surface area contributed by atoms with Crippen molar-refractivity contribution in [3.63, 3.8) is 0 Å². The number of likely N-dealkylation sites (tertiary alicyclic amines) is 1. The maximum atomic E-state index is 3.84. The Balaban J connectivity index is 0.000000218. The Hall–Kier alpha value is -0.900. The van der Waals surface area contributed by atoms with Crippen LogP contribution in [-0.2, 0) is 0 Å². The molecule has 0 spiro atoms. The van der Waals surface area contributed by atoms with E-state index in [1.165, 1.54) is 19.3 Å². The zero-order valence-corrected chi connectivity index (χ0v) is 13.4. The van der Waals surface area contributed by atoms with Crippen molar-refractivity contribution in [3.05, 3.63) is 0 Å². The van der Waals surface area contributed by atoms with Gasteiger partial charge in [-0.05, 0) is 31.2 Å². The summed E-state index contributed by atoms with van der Waals surface area (Å²) >= 11 is 0. The number of aliphatic imine (C=N–C) groups is 1. The molecule has 4 nitrogen and oxygen atoms in total. The van der Waals surface area contributed by atoms with Crippen molar-refractivity contribution >= 4 is 12.6 Å². The largest absolute Gasteiger partial charge is 0.303 e. The molecular formula is C15H30N4. The van der Waals surface area contributed by atoms with Crippen LogP contribution in [0.1, 0.15) is 34.1 Å². The molecule has 0 aromatic heterocycles. The van der Waals surface area contributed by atoms with Gasteiger partial charge in [-0.3, -0.25) is 5.01 Å². The van der Waals surface area contributed by atoms with Gasteiger partial charge in [0.05, 0.1) is 6.54 Å². The number of hydrogen-bond donors (Lipinski definition) is 0. The first-order valence-electron chi connectivity index (χ1n) is 7.42. The van der Waals surface area contributed by atoms with E-state index in [0.717, 1.165) is 30.3 Å². The Morgan fingerprint density at radius 3 is 2.26 bits per heavy atom. The average Bonchev–Trinajstić information content (AvgIpc) is 2.38. The molecule has 19 heavy (non-hydrogen) atoms. The van der Waals surface area contributed by atoms with E-state index in [-0.39, 0.29) is 0 Å².